The average Bonchev–Trinajstić information content (AvgIpc) is 3.44. The van der Waals surface area contributed by atoms with Gasteiger partial charge in [-0.25, -0.2) is 0 Å². The fraction of sp³-hybridized carbons (Fsp3) is 0.550. The molecule has 1 atom stereocenters. The van der Waals surface area contributed by atoms with Crippen molar-refractivity contribution in [3.05, 3.63) is 24.3 Å². The van der Waals surface area contributed by atoms with Gasteiger partial charge < -0.3 is 24.8 Å². The van der Waals surface area contributed by atoms with E-state index in [1.807, 2.05) is 24.3 Å². The van der Waals surface area contributed by atoms with Crippen molar-refractivity contribution in [1.29, 1.82) is 0 Å². The first-order chi connectivity index (χ1) is 13.7. The molecule has 3 heterocycles. The van der Waals surface area contributed by atoms with E-state index in [2.05, 4.69) is 25.7 Å². The molecule has 2 fully saturated rings. The summed E-state index contributed by atoms with van der Waals surface area (Å²) < 4.78 is 10.6. The number of piperidine rings is 1. The third-order valence-corrected chi connectivity index (χ3v) is 5.58. The number of benzene rings is 1. The van der Waals surface area contributed by atoms with Crippen molar-refractivity contribution < 1.29 is 14.1 Å². The van der Waals surface area contributed by atoms with Crippen LogP contribution in [0, 0.1) is 5.92 Å². The fourth-order valence-electron chi connectivity index (χ4n) is 3.83. The Balaban J connectivity index is 0.00000240. The first-order valence-corrected chi connectivity index (χ1v) is 9.97. The van der Waals surface area contributed by atoms with Crippen LogP contribution in [0.4, 0.5) is 6.01 Å². The number of anilines is 1. The molecule has 2 aromatic rings. The van der Waals surface area contributed by atoms with Gasteiger partial charge in [0.2, 0.25) is 11.7 Å². The van der Waals surface area contributed by atoms with Gasteiger partial charge in [-0.1, -0.05) is 5.16 Å². The number of halogens is 1. The van der Waals surface area contributed by atoms with Crippen molar-refractivity contribution >= 4 is 24.3 Å². The maximum absolute atomic E-state index is 12.4. The summed E-state index contributed by atoms with van der Waals surface area (Å²) in [5.41, 5.74) is 0.880. The van der Waals surface area contributed by atoms with Gasteiger partial charge in [0.15, 0.2) is 0 Å². The van der Waals surface area contributed by atoms with Gasteiger partial charge in [-0.2, -0.15) is 4.98 Å². The van der Waals surface area contributed by atoms with Crippen LogP contribution in [0.15, 0.2) is 28.8 Å². The standard InChI is InChI=1S/C20H27N5O3.ClH/c1-27-17-6-4-14(5-7-17)18-23-20(28-24-18)25-11-8-15(9-12-25)19(26)22-13-16-3-2-10-21-16;/h4-7,15-16,21H,2-3,8-13H2,1H3,(H,22,26);1H/t16-;/m1./s1. The van der Waals surface area contributed by atoms with Crippen LogP contribution in [-0.2, 0) is 4.79 Å². The molecule has 0 aliphatic carbocycles. The number of methoxy groups -OCH3 is 1. The van der Waals surface area contributed by atoms with Gasteiger partial charge in [0.25, 0.3) is 0 Å². The molecule has 0 bridgehead atoms. The number of hydrogen-bond acceptors (Lipinski definition) is 7. The molecule has 0 unspecified atom stereocenters. The van der Waals surface area contributed by atoms with Crippen LogP contribution in [0.25, 0.3) is 11.4 Å². The highest BCUT2D eigenvalue weighted by Crippen LogP contribution is 2.25. The van der Waals surface area contributed by atoms with Crippen LogP contribution in [0.3, 0.4) is 0 Å². The normalized spacial score (nSPS) is 19.6. The minimum absolute atomic E-state index is 0. The second kappa shape index (κ2) is 9.93. The Morgan fingerprint density at radius 2 is 2.03 bits per heavy atom. The van der Waals surface area contributed by atoms with E-state index < -0.39 is 0 Å². The molecule has 9 heteroatoms. The van der Waals surface area contributed by atoms with E-state index in [0.29, 0.717) is 17.9 Å². The van der Waals surface area contributed by atoms with Gasteiger partial charge in [0.1, 0.15) is 5.75 Å². The molecule has 0 spiro atoms. The molecular weight excluding hydrogens is 394 g/mol. The van der Waals surface area contributed by atoms with Crippen LogP contribution in [0.5, 0.6) is 5.75 Å². The Morgan fingerprint density at radius 3 is 2.69 bits per heavy atom. The lowest BCUT2D eigenvalue weighted by molar-refractivity contribution is -0.125. The van der Waals surface area contributed by atoms with Crippen LogP contribution >= 0.6 is 12.4 Å². The zero-order chi connectivity index (χ0) is 19.3. The molecule has 2 aliphatic heterocycles. The summed E-state index contributed by atoms with van der Waals surface area (Å²) in [6, 6.07) is 8.50. The first kappa shape index (κ1) is 21.4. The lowest BCUT2D eigenvalue weighted by atomic mass is 9.96. The molecule has 1 aromatic carbocycles. The van der Waals surface area contributed by atoms with Crippen molar-refractivity contribution in [2.24, 2.45) is 5.92 Å². The minimum Gasteiger partial charge on any atom is -0.497 e. The van der Waals surface area contributed by atoms with Crippen LogP contribution in [-0.4, -0.2) is 55.4 Å². The summed E-state index contributed by atoms with van der Waals surface area (Å²) in [4.78, 5) is 19.0. The van der Waals surface area contributed by atoms with Crippen LogP contribution < -0.4 is 20.3 Å². The summed E-state index contributed by atoms with van der Waals surface area (Å²) in [7, 11) is 1.64. The lowest BCUT2D eigenvalue weighted by Gasteiger charge is -2.30. The Bertz CT molecular complexity index is 784. The van der Waals surface area contributed by atoms with Crippen molar-refractivity contribution in [2.45, 2.75) is 31.7 Å². The molecule has 2 N–H and O–H groups in total. The maximum Gasteiger partial charge on any atom is 0.324 e. The van der Waals surface area contributed by atoms with Crippen molar-refractivity contribution in [1.82, 2.24) is 20.8 Å². The fourth-order valence-corrected chi connectivity index (χ4v) is 3.83. The summed E-state index contributed by atoms with van der Waals surface area (Å²) in [5.74, 6) is 1.57. The number of rotatable bonds is 6. The monoisotopic (exact) mass is 421 g/mol. The summed E-state index contributed by atoms with van der Waals surface area (Å²) in [6.45, 7) is 3.27. The van der Waals surface area contributed by atoms with Crippen LogP contribution in [0.1, 0.15) is 25.7 Å². The predicted molar refractivity (Wildman–Crippen MR) is 113 cm³/mol. The third-order valence-electron chi connectivity index (χ3n) is 5.58. The smallest absolute Gasteiger partial charge is 0.324 e. The van der Waals surface area contributed by atoms with E-state index in [-0.39, 0.29) is 24.2 Å². The molecule has 158 valence electrons. The van der Waals surface area contributed by atoms with E-state index >= 15 is 0 Å². The van der Waals surface area contributed by atoms with E-state index in [1.54, 1.807) is 7.11 Å². The van der Waals surface area contributed by atoms with Gasteiger partial charge in [-0.15, -0.1) is 12.4 Å². The molecule has 1 amide bonds. The van der Waals surface area contributed by atoms with Gasteiger partial charge in [-0.05, 0) is 56.5 Å². The number of ether oxygens (including phenoxy) is 1. The quantitative estimate of drug-likeness (QED) is 0.738. The van der Waals surface area contributed by atoms with E-state index in [9.17, 15) is 4.79 Å². The zero-order valence-electron chi connectivity index (χ0n) is 16.6. The van der Waals surface area contributed by atoms with Gasteiger partial charge in [-0.3, -0.25) is 4.79 Å². The summed E-state index contributed by atoms with van der Waals surface area (Å²) >= 11 is 0. The molecule has 0 saturated carbocycles. The summed E-state index contributed by atoms with van der Waals surface area (Å²) in [6.07, 6.45) is 3.93. The molecule has 0 radical (unpaired) electrons. The number of aromatic nitrogens is 2. The Morgan fingerprint density at radius 1 is 1.28 bits per heavy atom. The number of nitrogens with one attached hydrogen (secondary N) is 2. The highest BCUT2D eigenvalue weighted by atomic mass is 35.5. The van der Waals surface area contributed by atoms with Crippen molar-refractivity contribution in [3.8, 4) is 17.1 Å². The number of hydrogen-bond donors (Lipinski definition) is 2. The maximum atomic E-state index is 12.4. The molecule has 2 aliphatic rings. The van der Waals surface area contributed by atoms with Gasteiger partial charge in [0.05, 0.1) is 7.11 Å². The second-order valence-corrected chi connectivity index (χ2v) is 7.43. The largest absolute Gasteiger partial charge is 0.497 e. The molecule has 8 nitrogen and oxygen atoms in total. The Hall–Kier alpha value is -2.32. The average molecular weight is 422 g/mol. The highest BCUT2D eigenvalue weighted by molar-refractivity contribution is 5.85. The minimum atomic E-state index is 0. The molecule has 4 rings (SSSR count). The zero-order valence-corrected chi connectivity index (χ0v) is 17.4. The molecule has 29 heavy (non-hydrogen) atoms. The Labute approximate surface area is 176 Å². The SMILES string of the molecule is COc1ccc(-c2noc(N3CCC(C(=O)NC[C@H]4CCCN4)CC3)n2)cc1.Cl. The van der Waals surface area contributed by atoms with Gasteiger partial charge >= 0.3 is 6.01 Å². The molecule has 1 aromatic heterocycles. The third kappa shape index (κ3) is 5.19. The predicted octanol–water partition coefficient (Wildman–Crippen LogP) is 2.25. The van der Waals surface area contributed by atoms with Crippen molar-refractivity contribution in [3.63, 3.8) is 0 Å². The summed E-state index contributed by atoms with van der Waals surface area (Å²) in [5, 5.41) is 10.6. The van der Waals surface area contributed by atoms with Crippen molar-refractivity contribution in [2.75, 3.05) is 38.2 Å². The Kier molecular flexibility index (Phi) is 7.33. The van der Waals surface area contributed by atoms with Gasteiger partial charge in [0, 0.05) is 37.2 Å². The number of amides is 1. The topological polar surface area (TPSA) is 92.5 Å². The lowest BCUT2D eigenvalue weighted by Crippen LogP contribution is -2.44. The van der Waals surface area contributed by atoms with Crippen LogP contribution in [0.2, 0.25) is 0 Å². The number of carbonyl (C=O) groups is 1. The highest BCUT2D eigenvalue weighted by Gasteiger charge is 2.28. The molecule has 2 saturated heterocycles. The first-order valence-electron chi connectivity index (χ1n) is 9.97. The number of nitrogens with zero attached hydrogens (tertiary/aromatic N) is 3. The van der Waals surface area contributed by atoms with E-state index in [0.717, 1.165) is 56.8 Å². The van der Waals surface area contributed by atoms with E-state index in [1.165, 1.54) is 6.42 Å². The molecular formula is C20H28ClN5O3. The van der Waals surface area contributed by atoms with E-state index in [4.69, 9.17) is 9.26 Å². The number of carbonyl (C=O) groups excluding carboxylic acids is 1. The second-order valence-electron chi connectivity index (χ2n) is 7.43.